The summed E-state index contributed by atoms with van der Waals surface area (Å²) in [6.07, 6.45) is 6.65. The Labute approximate surface area is 184 Å². The van der Waals surface area contributed by atoms with Gasteiger partial charge in [-0.15, -0.1) is 0 Å². The second-order valence-corrected chi connectivity index (χ2v) is 8.34. The molecule has 2 fully saturated rings. The Morgan fingerprint density at radius 3 is 2.78 bits per heavy atom. The fourth-order valence-corrected chi connectivity index (χ4v) is 4.31. The maximum atomic E-state index is 13.4. The van der Waals surface area contributed by atoms with Crippen molar-refractivity contribution in [1.82, 2.24) is 14.9 Å². The first-order chi connectivity index (χ1) is 15.4. The monoisotopic (exact) mass is 448 g/mol. The van der Waals surface area contributed by atoms with Gasteiger partial charge >= 0.3 is 6.01 Å². The van der Waals surface area contributed by atoms with E-state index in [1.807, 2.05) is 0 Å². The molecule has 2 amide bonds. The maximum Gasteiger partial charge on any atom is 0.301 e. The van der Waals surface area contributed by atoms with Gasteiger partial charge < -0.3 is 14.1 Å². The standard InChI is InChI=1S/C22H26F2N4O4/c23-22(24)7-5-15(6-8-22)13-18(29)28-11-2-3-16(28)14-32-17-4-1-9-25-19(17)20(30)27-21-26-10-12-31-21/h1,4,9-10,12,15-16H,2-3,5-8,11,13-14H2,(H,26,27,30). The highest BCUT2D eigenvalue weighted by Gasteiger charge is 2.37. The Balaban J connectivity index is 1.33. The number of carbonyl (C=O) groups excluding carboxylic acids is 2. The molecule has 1 N–H and O–H groups in total. The molecule has 32 heavy (non-hydrogen) atoms. The van der Waals surface area contributed by atoms with Crippen molar-refractivity contribution in [2.75, 3.05) is 18.5 Å². The van der Waals surface area contributed by atoms with Crippen molar-refractivity contribution in [2.24, 2.45) is 5.92 Å². The van der Waals surface area contributed by atoms with Crippen LogP contribution in [0.25, 0.3) is 0 Å². The topological polar surface area (TPSA) is 97.6 Å². The zero-order valence-corrected chi connectivity index (χ0v) is 17.6. The zero-order chi connectivity index (χ0) is 22.6. The number of ether oxygens (including phenoxy) is 1. The molecule has 8 nitrogen and oxygen atoms in total. The molecule has 1 unspecified atom stereocenters. The van der Waals surface area contributed by atoms with Crippen LogP contribution in [0.15, 0.2) is 35.2 Å². The van der Waals surface area contributed by atoms with Crippen molar-refractivity contribution in [3.63, 3.8) is 0 Å². The highest BCUT2D eigenvalue weighted by Crippen LogP contribution is 2.38. The number of halogens is 2. The Bertz CT molecular complexity index is 928. The number of nitrogens with zero attached hydrogens (tertiary/aromatic N) is 3. The lowest BCUT2D eigenvalue weighted by atomic mass is 9.84. The minimum atomic E-state index is -2.59. The number of aromatic nitrogens is 2. The van der Waals surface area contributed by atoms with Crippen LogP contribution in [0.3, 0.4) is 0 Å². The maximum absolute atomic E-state index is 13.4. The van der Waals surface area contributed by atoms with Gasteiger partial charge in [0.2, 0.25) is 11.8 Å². The second-order valence-electron chi connectivity index (χ2n) is 8.34. The van der Waals surface area contributed by atoms with Crippen LogP contribution in [0.2, 0.25) is 0 Å². The SMILES string of the molecule is O=C(Nc1ncco1)c1ncccc1OCC1CCCN1C(=O)CC1CCC(F)(F)CC1. The highest BCUT2D eigenvalue weighted by atomic mass is 19.3. The molecule has 0 spiro atoms. The fraction of sp³-hybridized carbons (Fsp3) is 0.545. The van der Waals surface area contributed by atoms with Gasteiger partial charge in [-0.25, -0.2) is 18.7 Å². The van der Waals surface area contributed by atoms with Gasteiger partial charge in [0.25, 0.3) is 5.91 Å². The first kappa shape index (κ1) is 22.2. The van der Waals surface area contributed by atoms with Crippen molar-refractivity contribution < 1.29 is 27.5 Å². The summed E-state index contributed by atoms with van der Waals surface area (Å²) in [6, 6.07) is 3.23. The van der Waals surface area contributed by atoms with Gasteiger partial charge in [-0.1, -0.05) is 0 Å². The Kier molecular flexibility index (Phi) is 6.66. The summed E-state index contributed by atoms with van der Waals surface area (Å²) in [7, 11) is 0. The van der Waals surface area contributed by atoms with Gasteiger partial charge in [0.15, 0.2) is 11.4 Å². The van der Waals surface area contributed by atoms with Crippen LogP contribution < -0.4 is 10.1 Å². The van der Waals surface area contributed by atoms with Crippen molar-refractivity contribution in [2.45, 2.75) is 56.9 Å². The number of nitrogens with one attached hydrogen (secondary N) is 1. The molecule has 1 atom stereocenters. The third-order valence-electron chi connectivity index (χ3n) is 6.07. The van der Waals surface area contributed by atoms with Gasteiger partial charge in [-0.2, -0.15) is 0 Å². The lowest BCUT2D eigenvalue weighted by Gasteiger charge is -2.30. The van der Waals surface area contributed by atoms with E-state index in [1.54, 1.807) is 17.0 Å². The predicted octanol–water partition coefficient (Wildman–Crippen LogP) is 3.91. The number of oxazole rings is 1. The second kappa shape index (κ2) is 9.62. The molecular formula is C22H26F2N4O4. The zero-order valence-electron chi connectivity index (χ0n) is 17.6. The molecule has 2 aromatic heterocycles. The summed E-state index contributed by atoms with van der Waals surface area (Å²) in [5.41, 5.74) is 0.0877. The van der Waals surface area contributed by atoms with E-state index in [1.165, 1.54) is 18.7 Å². The highest BCUT2D eigenvalue weighted by molar-refractivity contribution is 6.03. The molecule has 1 aliphatic carbocycles. The van der Waals surface area contributed by atoms with E-state index >= 15 is 0 Å². The molecule has 10 heteroatoms. The Morgan fingerprint density at radius 2 is 2.03 bits per heavy atom. The van der Waals surface area contributed by atoms with Gasteiger partial charge in [0.05, 0.1) is 12.2 Å². The average molecular weight is 448 g/mol. The number of hydrogen-bond donors (Lipinski definition) is 1. The Morgan fingerprint density at radius 1 is 1.22 bits per heavy atom. The first-order valence-corrected chi connectivity index (χ1v) is 10.9. The van der Waals surface area contributed by atoms with Crippen LogP contribution in [-0.4, -0.2) is 51.8 Å². The van der Waals surface area contributed by atoms with Crippen LogP contribution in [0.1, 0.15) is 55.4 Å². The van der Waals surface area contributed by atoms with Gasteiger partial charge in [0.1, 0.15) is 12.9 Å². The van der Waals surface area contributed by atoms with Crippen molar-refractivity contribution in [1.29, 1.82) is 0 Å². The summed E-state index contributed by atoms with van der Waals surface area (Å²) in [6.45, 7) is 0.847. The third kappa shape index (κ3) is 5.41. The molecule has 1 saturated carbocycles. The van der Waals surface area contributed by atoms with E-state index in [9.17, 15) is 18.4 Å². The number of amides is 2. The molecule has 0 bridgehead atoms. The summed E-state index contributed by atoms with van der Waals surface area (Å²) in [5.74, 6) is -2.82. The number of anilines is 1. The summed E-state index contributed by atoms with van der Waals surface area (Å²) in [5, 5.41) is 2.51. The molecule has 1 saturated heterocycles. The van der Waals surface area contributed by atoms with Crippen LogP contribution in [0, 0.1) is 5.92 Å². The lowest BCUT2D eigenvalue weighted by Crippen LogP contribution is -2.40. The molecule has 2 aromatic rings. The summed E-state index contributed by atoms with van der Waals surface area (Å²) in [4.78, 5) is 35.1. The predicted molar refractivity (Wildman–Crippen MR) is 110 cm³/mol. The minimum Gasteiger partial charge on any atom is -0.489 e. The van der Waals surface area contributed by atoms with Gasteiger partial charge in [0, 0.05) is 32.0 Å². The largest absolute Gasteiger partial charge is 0.489 e. The minimum absolute atomic E-state index is 0.00752. The third-order valence-corrected chi connectivity index (χ3v) is 6.07. The van der Waals surface area contributed by atoms with Crippen LogP contribution in [-0.2, 0) is 4.79 Å². The number of carbonyl (C=O) groups is 2. The molecule has 3 heterocycles. The van der Waals surface area contributed by atoms with E-state index in [-0.39, 0.29) is 49.0 Å². The van der Waals surface area contributed by atoms with Gasteiger partial charge in [-0.3, -0.25) is 14.9 Å². The molecular weight excluding hydrogens is 422 g/mol. The summed E-state index contributed by atoms with van der Waals surface area (Å²) >= 11 is 0. The normalized spacial score (nSPS) is 20.8. The van der Waals surface area contributed by atoms with E-state index in [0.29, 0.717) is 31.6 Å². The van der Waals surface area contributed by atoms with Gasteiger partial charge in [-0.05, 0) is 43.7 Å². The number of likely N-dealkylation sites (tertiary alicyclic amines) is 1. The number of hydrogen-bond acceptors (Lipinski definition) is 6. The van der Waals surface area contributed by atoms with Crippen molar-refractivity contribution in [3.8, 4) is 5.75 Å². The van der Waals surface area contributed by atoms with Crippen molar-refractivity contribution in [3.05, 3.63) is 36.5 Å². The quantitative estimate of drug-likeness (QED) is 0.690. The van der Waals surface area contributed by atoms with Crippen molar-refractivity contribution >= 4 is 17.8 Å². The number of rotatable bonds is 7. The fourth-order valence-electron chi connectivity index (χ4n) is 4.31. The van der Waals surface area contributed by atoms with E-state index in [2.05, 4.69) is 15.3 Å². The summed E-state index contributed by atoms with van der Waals surface area (Å²) < 4.78 is 37.7. The first-order valence-electron chi connectivity index (χ1n) is 10.9. The lowest BCUT2D eigenvalue weighted by molar-refractivity contribution is -0.134. The smallest absolute Gasteiger partial charge is 0.301 e. The Hall–Kier alpha value is -3.04. The number of pyridine rings is 1. The molecule has 172 valence electrons. The molecule has 0 radical (unpaired) electrons. The van der Waals surface area contributed by atoms with E-state index in [0.717, 1.165) is 12.8 Å². The van der Waals surface area contributed by atoms with E-state index < -0.39 is 11.8 Å². The number of alkyl halides is 2. The molecule has 2 aliphatic rings. The molecule has 1 aliphatic heterocycles. The molecule has 4 rings (SSSR count). The van der Waals surface area contributed by atoms with Crippen LogP contribution in [0.5, 0.6) is 5.75 Å². The van der Waals surface area contributed by atoms with E-state index in [4.69, 9.17) is 9.15 Å². The van der Waals surface area contributed by atoms with Crippen LogP contribution >= 0.6 is 0 Å². The average Bonchev–Trinajstić information content (AvgIpc) is 3.46. The molecule has 0 aromatic carbocycles. The van der Waals surface area contributed by atoms with Crippen LogP contribution in [0.4, 0.5) is 14.8 Å².